The average molecular weight is 428 g/mol. The standard InChI is InChI=1S/C28H33N3O/c1-28(2)24-11-10-23(32-3)18-27(24)29-26-12-9-22(17-25(26)28)20-31-15-13-30(14-16-31)19-21-7-5-4-6-8-21/h4-12,17-18,29H,13-16,19-20H2,1-3H3. The van der Waals surface area contributed by atoms with Crippen molar-refractivity contribution in [3.8, 4) is 5.75 Å². The lowest BCUT2D eigenvalue weighted by atomic mass is 9.74. The summed E-state index contributed by atoms with van der Waals surface area (Å²) in [7, 11) is 1.72. The van der Waals surface area contributed by atoms with E-state index in [9.17, 15) is 0 Å². The van der Waals surface area contributed by atoms with Gasteiger partial charge in [0.15, 0.2) is 0 Å². The van der Waals surface area contributed by atoms with Gasteiger partial charge in [-0.15, -0.1) is 0 Å². The van der Waals surface area contributed by atoms with Gasteiger partial charge < -0.3 is 10.1 Å². The van der Waals surface area contributed by atoms with Gasteiger partial charge in [-0.05, 0) is 34.4 Å². The van der Waals surface area contributed by atoms with Crippen LogP contribution in [0.25, 0.3) is 0 Å². The number of ether oxygens (including phenoxy) is 1. The summed E-state index contributed by atoms with van der Waals surface area (Å²) < 4.78 is 5.43. The van der Waals surface area contributed by atoms with E-state index in [4.69, 9.17) is 4.74 Å². The van der Waals surface area contributed by atoms with Crippen LogP contribution in [0.3, 0.4) is 0 Å². The Hall–Kier alpha value is -2.82. The fraction of sp³-hybridized carbons (Fsp3) is 0.357. The number of nitrogens with zero attached hydrogens (tertiary/aromatic N) is 2. The van der Waals surface area contributed by atoms with Crippen LogP contribution in [0.5, 0.6) is 5.75 Å². The number of methoxy groups -OCH3 is 1. The minimum atomic E-state index is -0.0490. The third-order valence-corrected chi connectivity index (χ3v) is 7.05. The fourth-order valence-corrected chi connectivity index (χ4v) is 5.11. The minimum Gasteiger partial charge on any atom is -0.497 e. The molecule has 2 heterocycles. The Kier molecular flexibility index (Phi) is 5.66. The van der Waals surface area contributed by atoms with Crippen molar-refractivity contribution in [1.29, 1.82) is 0 Å². The number of fused-ring (bicyclic) bond motifs is 2. The van der Waals surface area contributed by atoms with Crippen LogP contribution in [-0.4, -0.2) is 43.1 Å². The smallest absolute Gasteiger partial charge is 0.120 e. The lowest BCUT2D eigenvalue weighted by molar-refractivity contribution is 0.122. The van der Waals surface area contributed by atoms with Gasteiger partial charge in [0.2, 0.25) is 0 Å². The van der Waals surface area contributed by atoms with Gasteiger partial charge >= 0.3 is 0 Å². The van der Waals surface area contributed by atoms with E-state index >= 15 is 0 Å². The molecule has 0 radical (unpaired) electrons. The second kappa shape index (κ2) is 8.61. The predicted octanol–water partition coefficient (Wildman–Crippen LogP) is 5.40. The van der Waals surface area contributed by atoms with Gasteiger partial charge in [-0.3, -0.25) is 9.80 Å². The first-order chi connectivity index (χ1) is 15.5. The van der Waals surface area contributed by atoms with Crippen molar-refractivity contribution in [2.45, 2.75) is 32.4 Å². The molecule has 5 rings (SSSR count). The molecule has 3 aromatic rings. The molecule has 2 aliphatic heterocycles. The molecular formula is C28H33N3O. The summed E-state index contributed by atoms with van der Waals surface area (Å²) in [6.45, 7) is 11.2. The summed E-state index contributed by atoms with van der Waals surface area (Å²) in [4.78, 5) is 5.15. The van der Waals surface area contributed by atoms with E-state index in [-0.39, 0.29) is 5.41 Å². The third kappa shape index (κ3) is 4.13. The number of anilines is 2. The van der Waals surface area contributed by atoms with E-state index in [1.54, 1.807) is 7.11 Å². The van der Waals surface area contributed by atoms with Crippen molar-refractivity contribution >= 4 is 11.4 Å². The molecule has 0 amide bonds. The van der Waals surface area contributed by atoms with Gasteiger partial charge in [0.05, 0.1) is 7.11 Å². The van der Waals surface area contributed by atoms with Crippen molar-refractivity contribution < 1.29 is 4.74 Å². The number of hydrogen-bond acceptors (Lipinski definition) is 4. The van der Waals surface area contributed by atoms with Gasteiger partial charge in [0, 0.05) is 62.1 Å². The van der Waals surface area contributed by atoms with Crippen molar-refractivity contribution in [3.05, 3.63) is 89.0 Å². The van der Waals surface area contributed by atoms with Gasteiger partial charge in [0.1, 0.15) is 5.75 Å². The number of rotatable bonds is 5. The number of piperazine rings is 1. The largest absolute Gasteiger partial charge is 0.497 e. The molecule has 0 bridgehead atoms. The summed E-state index contributed by atoms with van der Waals surface area (Å²) >= 11 is 0. The molecule has 0 aliphatic carbocycles. The normalized spacial score (nSPS) is 17.8. The van der Waals surface area contributed by atoms with Crippen molar-refractivity contribution in [3.63, 3.8) is 0 Å². The molecule has 4 heteroatoms. The topological polar surface area (TPSA) is 27.7 Å². The Morgan fingerprint density at radius 3 is 2.12 bits per heavy atom. The highest BCUT2D eigenvalue weighted by Crippen LogP contribution is 2.46. The van der Waals surface area contributed by atoms with Gasteiger partial charge in [-0.2, -0.15) is 0 Å². The molecule has 1 fully saturated rings. The third-order valence-electron chi connectivity index (χ3n) is 7.05. The van der Waals surface area contributed by atoms with Crippen LogP contribution in [0.1, 0.15) is 36.1 Å². The highest BCUT2D eigenvalue weighted by molar-refractivity contribution is 5.76. The van der Waals surface area contributed by atoms with Crippen LogP contribution in [0.2, 0.25) is 0 Å². The maximum Gasteiger partial charge on any atom is 0.120 e. The molecule has 1 N–H and O–H groups in total. The van der Waals surface area contributed by atoms with E-state index in [1.165, 1.54) is 27.9 Å². The lowest BCUT2D eigenvalue weighted by Gasteiger charge is -2.37. The highest BCUT2D eigenvalue weighted by atomic mass is 16.5. The zero-order valence-electron chi connectivity index (χ0n) is 19.4. The highest BCUT2D eigenvalue weighted by Gasteiger charge is 2.33. The fourth-order valence-electron chi connectivity index (χ4n) is 5.11. The molecule has 0 atom stereocenters. The Labute approximate surface area is 191 Å². The van der Waals surface area contributed by atoms with Crippen LogP contribution in [0.15, 0.2) is 66.7 Å². The van der Waals surface area contributed by atoms with Crippen LogP contribution in [0.4, 0.5) is 11.4 Å². The Bertz CT molecular complexity index is 1090. The molecule has 32 heavy (non-hydrogen) atoms. The molecule has 0 unspecified atom stereocenters. The zero-order valence-corrected chi connectivity index (χ0v) is 19.4. The monoisotopic (exact) mass is 427 g/mol. The molecule has 0 spiro atoms. The van der Waals surface area contributed by atoms with Crippen LogP contribution in [-0.2, 0) is 18.5 Å². The molecule has 0 saturated carbocycles. The lowest BCUT2D eigenvalue weighted by Crippen LogP contribution is -2.45. The summed E-state index contributed by atoms with van der Waals surface area (Å²) in [5.74, 6) is 0.888. The summed E-state index contributed by atoms with van der Waals surface area (Å²) in [6, 6.07) is 24.1. The maximum atomic E-state index is 5.43. The minimum absolute atomic E-state index is 0.0490. The maximum absolute atomic E-state index is 5.43. The quantitative estimate of drug-likeness (QED) is 0.590. The van der Waals surface area contributed by atoms with Crippen LogP contribution in [0, 0.1) is 0 Å². The molecule has 166 valence electrons. The van der Waals surface area contributed by atoms with E-state index in [2.05, 4.69) is 95.7 Å². The number of benzene rings is 3. The molecular weight excluding hydrogens is 394 g/mol. The van der Waals surface area contributed by atoms with Gasteiger partial charge in [-0.25, -0.2) is 0 Å². The molecule has 2 aliphatic rings. The van der Waals surface area contributed by atoms with E-state index < -0.39 is 0 Å². The first kappa shape index (κ1) is 21.0. The Morgan fingerprint density at radius 2 is 1.44 bits per heavy atom. The molecule has 4 nitrogen and oxygen atoms in total. The number of hydrogen-bond donors (Lipinski definition) is 1. The predicted molar refractivity (Wildman–Crippen MR) is 132 cm³/mol. The summed E-state index contributed by atoms with van der Waals surface area (Å²) in [6.07, 6.45) is 0. The second-order valence-electron chi connectivity index (χ2n) is 9.58. The molecule has 1 saturated heterocycles. The van der Waals surface area contributed by atoms with Gasteiger partial charge in [0.25, 0.3) is 0 Å². The summed E-state index contributed by atoms with van der Waals surface area (Å²) in [5.41, 5.74) is 7.78. The van der Waals surface area contributed by atoms with Crippen molar-refractivity contribution in [1.82, 2.24) is 9.80 Å². The van der Waals surface area contributed by atoms with E-state index in [0.29, 0.717) is 0 Å². The van der Waals surface area contributed by atoms with Crippen molar-refractivity contribution in [2.75, 3.05) is 38.6 Å². The summed E-state index contributed by atoms with van der Waals surface area (Å²) in [5, 5.41) is 3.63. The van der Waals surface area contributed by atoms with Gasteiger partial charge in [-0.1, -0.05) is 62.4 Å². The zero-order chi connectivity index (χ0) is 22.1. The first-order valence-corrected chi connectivity index (χ1v) is 11.6. The Morgan fingerprint density at radius 1 is 0.750 bits per heavy atom. The number of nitrogens with one attached hydrogen (secondary N) is 1. The molecule has 0 aromatic heterocycles. The SMILES string of the molecule is COc1ccc2c(c1)Nc1ccc(CN3CCN(Cc4ccccc4)CC3)cc1C2(C)C. The molecule has 3 aromatic carbocycles. The Balaban J connectivity index is 1.26. The first-order valence-electron chi connectivity index (χ1n) is 11.6. The van der Waals surface area contributed by atoms with E-state index in [1.807, 2.05) is 0 Å². The average Bonchev–Trinajstić information content (AvgIpc) is 2.81. The van der Waals surface area contributed by atoms with Crippen LogP contribution < -0.4 is 10.1 Å². The van der Waals surface area contributed by atoms with Crippen LogP contribution >= 0.6 is 0 Å². The van der Waals surface area contributed by atoms with E-state index in [0.717, 1.165) is 50.7 Å². The van der Waals surface area contributed by atoms with Crippen molar-refractivity contribution in [2.24, 2.45) is 0 Å². The second-order valence-corrected chi connectivity index (χ2v) is 9.58.